The van der Waals surface area contributed by atoms with E-state index in [1.807, 2.05) is 49.4 Å². The van der Waals surface area contributed by atoms with Crippen LogP contribution in [0.15, 0.2) is 69.2 Å². The summed E-state index contributed by atoms with van der Waals surface area (Å²) in [5.74, 6) is 1.50. The van der Waals surface area contributed by atoms with Gasteiger partial charge in [-0.05, 0) is 30.2 Å². The highest BCUT2D eigenvalue weighted by Crippen LogP contribution is 2.40. The minimum atomic E-state index is -0.391. The van der Waals surface area contributed by atoms with Crippen molar-refractivity contribution in [2.24, 2.45) is 0 Å². The molecule has 0 aliphatic carbocycles. The van der Waals surface area contributed by atoms with Crippen LogP contribution in [0.4, 0.5) is 0 Å². The third-order valence-electron chi connectivity index (χ3n) is 4.94. The number of nitrogens with zero attached hydrogens (tertiary/aromatic N) is 2. The lowest BCUT2D eigenvalue weighted by atomic mass is 10.1. The molecule has 2 aromatic carbocycles. The second kappa shape index (κ2) is 7.94. The summed E-state index contributed by atoms with van der Waals surface area (Å²) in [4.78, 5) is 21.9. The largest absolute Gasteiger partial charge is 0.438 e. The number of hydrogen-bond acceptors (Lipinski definition) is 7. The van der Waals surface area contributed by atoms with E-state index in [-0.39, 0.29) is 6.61 Å². The van der Waals surface area contributed by atoms with Crippen molar-refractivity contribution in [3.05, 3.63) is 81.8 Å². The summed E-state index contributed by atoms with van der Waals surface area (Å²) in [7, 11) is 1.60. The molecular weight excluding hydrogens is 412 g/mol. The highest BCUT2D eigenvalue weighted by molar-refractivity contribution is 7.17. The van der Waals surface area contributed by atoms with Crippen LogP contribution >= 0.6 is 11.3 Å². The first-order valence-electron chi connectivity index (χ1n) is 9.67. The lowest BCUT2D eigenvalue weighted by Crippen LogP contribution is -2.00. The lowest BCUT2D eigenvalue weighted by molar-refractivity contribution is 0.177. The quantitative estimate of drug-likeness (QED) is 0.332. The Bertz CT molecular complexity index is 1460. The van der Waals surface area contributed by atoms with Crippen LogP contribution in [-0.2, 0) is 11.3 Å². The monoisotopic (exact) mass is 430 g/mol. The second-order valence-electron chi connectivity index (χ2n) is 7.08. The average Bonchev–Trinajstić information content (AvgIpc) is 3.18. The SMILES string of the molecule is COCc1nc(Oc2ccc3c(C)cc(=O)oc3c2)c2c(-c3ccccc3)csc2n1. The van der Waals surface area contributed by atoms with Crippen molar-refractivity contribution in [1.82, 2.24) is 9.97 Å². The van der Waals surface area contributed by atoms with Gasteiger partial charge in [-0.15, -0.1) is 11.3 Å². The maximum Gasteiger partial charge on any atom is 0.336 e. The van der Waals surface area contributed by atoms with Crippen molar-refractivity contribution in [2.45, 2.75) is 13.5 Å². The third kappa shape index (κ3) is 3.69. The summed E-state index contributed by atoms with van der Waals surface area (Å²) in [6.45, 7) is 2.15. The summed E-state index contributed by atoms with van der Waals surface area (Å²) in [6.07, 6.45) is 0. The standard InChI is InChI=1S/C24H18N2O4S/c1-14-10-21(27)30-19-11-16(8-9-17(14)19)29-23-22-18(15-6-4-3-5-7-15)13-31-24(22)26-20(25-23)12-28-2/h3-11,13H,12H2,1-2H3. The van der Waals surface area contributed by atoms with Gasteiger partial charge in [0.1, 0.15) is 22.8 Å². The lowest BCUT2D eigenvalue weighted by Gasteiger charge is -2.10. The zero-order chi connectivity index (χ0) is 21.4. The van der Waals surface area contributed by atoms with Gasteiger partial charge in [0.2, 0.25) is 5.88 Å². The van der Waals surface area contributed by atoms with Gasteiger partial charge in [0.15, 0.2) is 5.82 Å². The normalized spacial score (nSPS) is 11.3. The van der Waals surface area contributed by atoms with Crippen LogP contribution in [0.1, 0.15) is 11.4 Å². The molecule has 6 nitrogen and oxygen atoms in total. The molecule has 0 bridgehead atoms. The van der Waals surface area contributed by atoms with Crippen molar-refractivity contribution in [3.63, 3.8) is 0 Å². The fraction of sp³-hybridized carbons (Fsp3) is 0.125. The first-order valence-corrected chi connectivity index (χ1v) is 10.5. The number of aromatic nitrogens is 2. The third-order valence-corrected chi connectivity index (χ3v) is 5.81. The van der Waals surface area contributed by atoms with Crippen molar-refractivity contribution >= 4 is 32.5 Å². The zero-order valence-corrected chi connectivity index (χ0v) is 17.7. The number of rotatable bonds is 5. The maximum absolute atomic E-state index is 11.8. The molecule has 0 fully saturated rings. The van der Waals surface area contributed by atoms with E-state index >= 15 is 0 Å². The number of aryl methyl sites for hydroxylation is 1. The molecule has 0 saturated heterocycles. The first-order chi connectivity index (χ1) is 15.1. The van der Waals surface area contributed by atoms with E-state index in [0.29, 0.717) is 23.0 Å². The fourth-order valence-electron chi connectivity index (χ4n) is 3.53. The van der Waals surface area contributed by atoms with Crippen molar-refractivity contribution in [3.8, 4) is 22.8 Å². The highest BCUT2D eigenvalue weighted by atomic mass is 32.1. The fourth-order valence-corrected chi connectivity index (χ4v) is 4.49. The van der Waals surface area contributed by atoms with Gasteiger partial charge in [-0.2, -0.15) is 4.98 Å². The van der Waals surface area contributed by atoms with Crippen LogP contribution in [0, 0.1) is 6.92 Å². The van der Waals surface area contributed by atoms with Crippen molar-refractivity contribution in [2.75, 3.05) is 7.11 Å². The Morgan fingerprint density at radius 2 is 1.90 bits per heavy atom. The van der Waals surface area contributed by atoms with E-state index in [2.05, 4.69) is 15.3 Å². The van der Waals surface area contributed by atoms with Gasteiger partial charge in [-0.1, -0.05) is 30.3 Å². The van der Waals surface area contributed by atoms with Gasteiger partial charge in [0.05, 0.1) is 5.39 Å². The molecule has 0 unspecified atom stereocenters. The second-order valence-corrected chi connectivity index (χ2v) is 7.94. The Kier molecular flexibility index (Phi) is 4.97. The molecule has 31 heavy (non-hydrogen) atoms. The molecule has 0 spiro atoms. The van der Waals surface area contributed by atoms with Gasteiger partial charge in [0, 0.05) is 35.6 Å². The van der Waals surface area contributed by atoms with E-state index in [0.717, 1.165) is 32.3 Å². The molecule has 5 rings (SSSR count). The maximum atomic E-state index is 11.8. The average molecular weight is 430 g/mol. The van der Waals surface area contributed by atoms with Gasteiger partial charge in [-0.3, -0.25) is 0 Å². The Morgan fingerprint density at radius 3 is 2.71 bits per heavy atom. The molecular formula is C24H18N2O4S. The predicted molar refractivity (Wildman–Crippen MR) is 121 cm³/mol. The predicted octanol–water partition coefficient (Wildman–Crippen LogP) is 5.71. The Morgan fingerprint density at radius 1 is 1.06 bits per heavy atom. The number of hydrogen-bond donors (Lipinski definition) is 0. The number of thiophene rings is 1. The van der Waals surface area contributed by atoms with Crippen LogP contribution in [0.25, 0.3) is 32.3 Å². The molecule has 0 saturated carbocycles. The molecule has 0 aliphatic rings. The minimum Gasteiger partial charge on any atom is -0.438 e. The summed E-state index contributed by atoms with van der Waals surface area (Å²) in [5.41, 5.74) is 3.00. The van der Waals surface area contributed by atoms with Crippen molar-refractivity contribution < 1.29 is 13.9 Å². The van der Waals surface area contributed by atoms with E-state index < -0.39 is 5.63 Å². The molecule has 3 aromatic heterocycles. The Balaban J connectivity index is 1.66. The molecule has 3 heterocycles. The minimum absolute atomic E-state index is 0.274. The van der Waals surface area contributed by atoms with Gasteiger partial charge in [-0.25, -0.2) is 9.78 Å². The molecule has 7 heteroatoms. The summed E-state index contributed by atoms with van der Waals surface area (Å²) < 4.78 is 16.8. The van der Waals surface area contributed by atoms with Crippen LogP contribution in [0.3, 0.4) is 0 Å². The molecule has 5 aromatic rings. The van der Waals surface area contributed by atoms with Crippen molar-refractivity contribution in [1.29, 1.82) is 0 Å². The Labute approximate surface area is 181 Å². The number of ether oxygens (including phenoxy) is 2. The molecule has 0 aliphatic heterocycles. The van der Waals surface area contributed by atoms with Crippen LogP contribution in [0.5, 0.6) is 11.6 Å². The Hall–Kier alpha value is -3.55. The summed E-state index contributed by atoms with van der Waals surface area (Å²) in [5, 5.41) is 3.75. The van der Waals surface area contributed by atoms with Crippen LogP contribution in [-0.4, -0.2) is 17.1 Å². The van der Waals surface area contributed by atoms with Gasteiger partial charge >= 0.3 is 5.63 Å². The smallest absolute Gasteiger partial charge is 0.336 e. The summed E-state index contributed by atoms with van der Waals surface area (Å²) >= 11 is 1.53. The van der Waals surface area contributed by atoms with E-state index in [1.165, 1.54) is 17.4 Å². The number of benzene rings is 2. The zero-order valence-electron chi connectivity index (χ0n) is 16.9. The topological polar surface area (TPSA) is 74.5 Å². The molecule has 0 atom stereocenters. The van der Waals surface area contributed by atoms with Gasteiger partial charge in [0.25, 0.3) is 0 Å². The molecule has 0 radical (unpaired) electrons. The van der Waals surface area contributed by atoms with E-state index in [9.17, 15) is 4.79 Å². The van der Waals surface area contributed by atoms with Crippen LogP contribution < -0.4 is 10.4 Å². The highest BCUT2D eigenvalue weighted by Gasteiger charge is 2.17. The number of fused-ring (bicyclic) bond motifs is 2. The van der Waals surface area contributed by atoms with Crippen LogP contribution in [0.2, 0.25) is 0 Å². The first kappa shape index (κ1) is 19.4. The van der Waals surface area contributed by atoms with Gasteiger partial charge < -0.3 is 13.9 Å². The van der Waals surface area contributed by atoms with E-state index in [4.69, 9.17) is 13.9 Å². The van der Waals surface area contributed by atoms with E-state index in [1.54, 1.807) is 13.2 Å². The molecule has 154 valence electrons. The number of methoxy groups -OCH3 is 1. The summed E-state index contributed by atoms with van der Waals surface area (Å²) in [6, 6.07) is 17.0. The molecule has 0 N–H and O–H groups in total. The molecule has 0 amide bonds.